The van der Waals surface area contributed by atoms with Crippen molar-refractivity contribution in [3.63, 3.8) is 0 Å². The number of benzene rings is 2. The van der Waals surface area contributed by atoms with Crippen molar-refractivity contribution >= 4 is 16.6 Å². The lowest BCUT2D eigenvalue weighted by molar-refractivity contribution is 0.564. The summed E-state index contributed by atoms with van der Waals surface area (Å²) >= 11 is 0. The van der Waals surface area contributed by atoms with Gasteiger partial charge in [0.05, 0.1) is 22.4 Å². The first-order valence-corrected chi connectivity index (χ1v) is 6.65. The molecular formula is C17H16N2. The van der Waals surface area contributed by atoms with E-state index in [-0.39, 0.29) is 5.54 Å². The molecule has 4 rings (SSSR count). The summed E-state index contributed by atoms with van der Waals surface area (Å²) in [6.45, 7) is 4.46. The fraction of sp³-hybridized carbons (Fsp3) is 0.176. The van der Waals surface area contributed by atoms with Gasteiger partial charge in [-0.2, -0.15) is 0 Å². The first kappa shape index (κ1) is 10.7. The number of aromatic nitrogens is 1. The zero-order valence-electron chi connectivity index (χ0n) is 11.1. The summed E-state index contributed by atoms with van der Waals surface area (Å²) in [5.74, 6) is 0. The minimum atomic E-state index is -0.0621. The molecule has 1 aliphatic rings. The molecule has 94 valence electrons. The number of nitrogens with one attached hydrogen (secondary N) is 1. The van der Waals surface area contributed by atoms with E-state index in [9.17, 15) is 0 Å². The third-order valence-corrected chi connectivity index (χ3v) is 3.94. The average molecular weight is 248 g/mol. The topological polar surface area (TPSA) is 17.0 Å². The summed E-state index contributed by atoms with van der Waals surface area (Å²) < 4.78 is 2.38. The van der Waals surface area contributed by atoms with E-state index < -0.39 is 0 Å². The van der Waals surface area contributed by atoms with Crippen molar-refractivity contribution in [2.45, 2.75) is 19.4 Å². The van der Waals surface area contributed by atoms with Crippen molar-refractivity contribution in [3.05, 3.63) is 60.3 Å². The number of anilines is 1. The summed E-state index contributed by atoms with van der Waals surface area (Å²) in [6, 6.07) is 19.4. The molecule has 2 heteroatoms. The standard InChI is InChI=1S/C17H16N2/c1-17(2)16-11-12-7-3-5-9-14(12)19(16)15-10-6-4-8-13(15)18-17/h3-11,18H,1-2H3. The van der Waals surface area contributed by atoms with E-state index in [1.54, 1.807) is 0 Å². The van der Waals surface area contributed by atoms with Crippen molar-refractivity contribution in [2.75, 3.05) is 5.32 Å². The van der Waals surface area contributed by atoms with Gasteiger partial charge in [-0.1, -0.05) is 30.3 Å². The predicted octanol–water partition coefficient (Wildman–Crippen LogP) is 4.29. The highest BCUT2D eigenvalue weighted by atomic mass is 15.1. The van der Waals surface area contributed by atoms with Gasteiger partial charge in [0.25, 0.3) is 0 Å². The monoisotopic (exact) mass is 248 g/mol. The van der Waals surface area contributed by atoms with Crippen molar-refractivity contribution < 1.29 is 0 Å². The van der Waals surface area contributed by atoms with Gasteiger partial charge in [0, 0.05) is 11.1 Å². The number of rotatable bonds is 0. The van der Waals surface area contributed by atoms with Crippen LogP contribution in [0.2, 0.25) is 0 Å². The Hall–Kier alpha value is -2.22. The van der Waals surface area contributed by atoms with E-state index in [1.165, 1.54) is 28.0 Å². The van der Waals surface area contributed by atoms with Crippen molar-refractivity contribution in [3.8, 4) is 5.69 Å². The Kier molecular flexibility index (Phi) is 1.92. The van der Waals surface area contributed by atoms with Crippen LogP contribution in [0.3, 0.4) is 0 Å². The van der Waals surface area contributed by atoms with E-state index in [0.29, 0.717) is 0 Å². The SMILES string of the molecule is CC1(C)Nc2ccccc2-n2c1cc1ccccc12. The summed E-state index contributed by atoms with van der Waals surface area (Å²) in [5, 5.41) is 4.93. The van der Waals surface area contributed by atoms with E-state index in [4.69, 9.17) is 0 Å². The lowest BCUT2D eigenvalue weighted by Crippen LogP contribution is -2.34. The summed E-state index contributed by atoms with van der Waals surface area (Å²) in [4.78, 5) is 0. The third-order valence-electron chi connectivity index (χ3n) is 3.94. The minimum Gasteiger partial charge on any atom is -0.373 e. The van der Waals surface area contributed by atoms with E-state index in [2.05, 4.69) is 78.3 Å². The molecule has 0 bridgehead atoms. The van der Waals surface area contributed by atoms with E-state index in [0.717, 1.165) is 0 Å². The zero-order chi connectivity index (χ0) is 13.0. The van der Waals surface area contributed by atoms with Crippen LogP contribution in [0, 0.1) is 0 Å². The lowest BCUT2D eigenvalue weighted by atomic mass is 9.97. The molecule has 1 N–H and O–H groups in total. The molecule has 2 heterocycles. The third kappa shape index (κ3) is 1.37. The Morgan fingerprint density at radius 2 is 1.68 bits per heavy atom. The zero-order valence-corrected chi connectivity index (χ0v) is 11.1. The molecule has 0 fully saturated rings. The smallest absolute Gasteiger partial charge is 0.0724 e. The number of para-hydroxylation sites is 3. The first-order chi connectivity index (χ1) is 9.17. The van der Waals surface area contributed by atoms with Crippen LogP contribution < -0.4 is 5.32 Å². The molecule has 0 atom stereocenters. The van der Waals surface area contributed by atoms with Gasteiger partial charge in [0.2, 0.25) is 0 Å². The molecule has 3 aromatic rings. The predicted molar refractivity (Wildman–Crippen MR) is 79.9 cm³/mol. The van der Waals surface area contributed by atoms with Gasteiger partial charge < -0.3 is 9.88 Å². The molecule has 0 amide bonds. The van der Waals surface area contributed by atoms with Crippen LogP contribution in [-0.4, -0.2) is 4.57 Å². The highest BCUT2D eigenvalue weighted by Crippen LogP contribution is 2.40. The summed E-state index contributed by atoms with van der Waals surface area (Å²) in [7, 11) is 0. The maximum atomic E-state index is 3.63. The van der Waals surface area contributed by atoms with E-state index in [1.807, 2.05) is 0 Å². The number of hydrogen-bond acceptors (Lipinski definition) is 1. The van der Waals surface area contributed by atoms with Gasteiger partial charge in [-0.15, -0.1) is 0 Å². The van der Waals surface area contributed by atoms with Crippen LogP contribution in [0.25, 0.3) is 16.6 Å². The minimum absolute atomic E-state index is 0.0621. The molecule has 0 saturated heterocycles. The molecular weight excluding hydrogens is 232 g/mol. The molecule has 0 radical (unpaired) electrons. The normalized spacial score (nSPS) is 15.7. The number of nitrogens with zero attached hydrogens (tertiary/aromatic N) is 1. The van der Waals surface area contributed by atoms with Crippen LogP contribution in [0.15, 0.2) is 54.6 Å². The van der Waals surface area contributed by atoms with Crippen molar-refractivity contribution in [1.82, 2.24) is 4.57 Å². The number of fused-ring (bicyclic) bond motifs is 5. The molecule has 0 unspecified atom stereocenters. The highest BCUT2D eigenvalue weighted by molar-refractivity contribution is 5.86. The molecule has 1 aromatic heterocycles. The van der Waals surface area contributed by atoms with Crippen LogP contribution in [0.1, 0.15) is 19.5 Å². The summed E-state index contributed by atoms with van der Waals surface area (Å²) in [5.41, 5.74) is 4.96. The van der Waals surface area contributed by atoms with Crippen LogP contribution in [0.5, 0.6) is 0 Å². The Labute approximate surface area is 112 Å². The van der Waals surface area contributed by atoms with Crippen LogP contribution >= 0.6 is 0 Å². The fourth-order valence-electron chi connectivity index (χ4n) is 3.05. The molecule has 0 spiro atoms. The van der Waals surface area contributed by atoms with Gasteiger partial charge in [-0.25, -0.2) is 0 Å². The molecule has 19 heavy (non-hydrogen) atoms. The Balaban J connectivity index is 2.17. The van der Waals surface area contributed by atoms with Gasteiger partial charge in [0.15, 0.2) is 0 Å². The second kappa shape index (κ2) is 3.41. The first-order valence-electron chi connectivity index (χ1n) is 6.65. The Morgan fingerprint density at radius 1 is 0.947 bits per heavy atom. The molecule has 2 nitrogen and oxygen atoms in total. The lowest BCUT2D eigenvalue weighted by Gasteiger charge is -2.35. The quantitative estimate of drug-likeness (QED) is 0.628. The summed E-state index contributed by atoms with van der Waals surface area (Å²) in [6.07, 6.45) is 0. The van der Waals surface area contributed by atoms with Crippen LogP contribution in [0.4, 0.5) is 5.69 Å². The Bertz CT molecular complexity index is 781. The molecule has 1 aliphatic heterocycles. The van der Waals surface area contributed by atoms with Crippen molar-refractivity contribution in [2.24, 2.45) is 0 Å². The van der Waals surface area contributed by atoms with Crippen LogP contribution in [-0.2, 0) is 5.54 Å². The van der Waals surface area contributed by atoms with Gasteiger partial charge in [0.1, 0.15) is 0 Å². The maximum absolute atomic E-state index is 3.63. The maximum Gasteiger partial charge on any atom is 0.0724 e. The highest BCUT2D eigenvalue weighted by Gasteiger charge is 2.31. The molecule has 2 aromatic carbocycles. The van der Waals surface area contributed by atoms with Crippen molar-refractivity contribution in [1.29, 1.82) is 0 Å². The Morgan fingerprint density at radius 3 is 2.58 bits per heavy atom. The fourth-order valence-corrected chi connectivity index (χ4v) is 3.05. The second-order valence-corrected chi connectivity index (χ2v) is 5.69. The average Bonchev–Trinajstić information content (AvgIpc) is 2.79. The van der Waals surface area contributed by atoms with Gasteiger partial charge in [-0.05, 0) is 38.1 Å². The van der Waals surface area contributed by atoms with Gasteiger partial charge >= 0.3 is 0 Å². The molecule has 0 saturated carbocycles. The number of hydrogen-bond donors (Lipinski definition) is 1. The van der Waals surface area contributed by atoms with E-state index >= 15 is 0 Å². The molecule has 0 aliphatic carbocycles. The largest absolute Gasteiger partial charge is 0.373 e. The second-order valence-electron chi connectivity index (χ2n) is 5.69. The van der Waals surface area contributed by atoms with Gasteiger partial charge in [-0.3, -0.25) is 0 Å².